The van der Waals surface area contributed by atoms with E-state index in [1.807, 2.05) is 35.0 Å². The molecule has 3 rings (SSSR count). The monoisotopic (exact) mass is 364 g/mol. The topological polar surface area (TPSA) is 68.2 Å². The van der Waals surface area contributed by atoms with Gasteiger partial charge in [-0.2, -0.15) is 5.10 Å². The molecule has 0 radical (unpaired) electrons. The third kappa shape index (κ3) is 6.16. The minimum absolute atomic E-state index is 0. The number of ether oxygens (including phenoxy) is 1. The van der Waals surface area contributed by atoms with Gasteiger partial charge in [-0.25, -0.2) is 0 Å². The molecule has 1 aromatic carbocycles. The van der Waals surface area contributed by atoms with Crippen molar-refractivity contribution in [3.63, 3.8) is 0 Å². The molecular formula is C18H25ClN4O2. The van der Waals surface area contributed by atoms with Crippen molar-refractivity contribution in [1.82, 2.24) is 20.4 Å². The Labute approximate surface area is 154 Å². The summed E-state index contributed by atoms with van der Waals surface area (Å²) in [6, 6.07) is 12.1. The van der Waals surface area contributed by atoms with E-state index >= 15 is 0 Å². The van der Waals surface area contributed by atoms with Gasteiger partial charge in [-0.15, -0.1) is 12.4 Å². The van der Waals surface area contributed by atoms with Gasteiger partial charge in [-0.3, -0.25) is 9.48 Å². The van der Waals surface area contributed by atoms with E-state index in [1.165, 1.54) is 5.69 Å². The quantitative estimate of drug-likeness (QED) is 0.703. The maximum atomic E-state index is 11.9. The summed E-state index contributed by atoms with van der Waals surface area (Å²) in [6.07, 6.45) is 1.20. The number of benzene rings is 1. The third-order valence-electron chi connectivity index (χ3n) is 3.99. The van der Waals surface area contributed by atoms with E-state index in [1.54, 1.807) is 0 Å². The number of nitrogens with zero attached hydrogens (tertiary/aromatic N) is 2. The lowest BCUT2D eigenvalue weighted by Crippen LogP contribution is -2.28. The highest BCUT2D eigenvalue weighted by Gasteiger charge is 2.12. The molecule has 0 aliphatic carbocycles. The molecule has 0 saturated carbocycles. The fraction of sp³-hybridized carbons (Fsp3) is 0.444. The Bertz CT molecular complexity index is 637. The van der Waals surface area contributed by atoms with Gasteiger partial charge in [-0.05, 0) is 18.1 Å². The lowest BCUT2D eigenvalue weighted by Gasteiger charge is -2.13. The number of amides is 1. The van der Waals surface area contributed by atoms with Crippen LogP contribution in [-0.4, -0.2) is 28.8 Å². The van der Waals surface area contributed by atoms with Crippen LogP contribution in [0, 0.1) is 0 Å². The Morgan fingerprint density at radius 1 is 1.32 bits per heavy atom. The minimum atomic E-state index is 0. The summed E-state index contributed by atoms with van der Waals surface area (Å²) in [5, 5.41) is 10.7. The first-order valence-electron chi connectivity index (χ1n) is 8.46. The first-order chi connectivity index (χ1) is 11.8. The van der Waals surface area contributed by atoms with Gasteiger partial charge in [0.05, 0.1) is 31.1 Å². The van der Waals surface area contributed by atoms with Crippen LogP contribution in [0.25, 0.3) is 0 Å². The maximum Gasteiger partial charge on any atom is 0.220 e. The van der Waals surface area contributed by atoms with Crippen LogP contribution in [-0.2, 0) is 35.8 Å². The molecule has 136 valence electrons. The van der Waals surface area contributed by atoms with Crippen molar-refractivity contribution in [2.75, 3.05) is 13.2 Å². The molecule has 0 atom stereocenters. The molecule has 0 saturated heterocycles. The lowest BCUT2D eigenvalue weighted by molar-refractivity contribution is -0.121. The van der Waals surface area contributed by atoms with Gasteiger partial charge in [0.25, 0.3) is 0 Å². The minimum Gasteiger partial charge on any atom is -0.377 e. The van der Waals surface area contributed by atoms with Crippen LogP contribution < -0.4 is 10.6 Å². The first-order valence-corrected chi connectivity index (χ1v) is 8.46. The molecule has 2 heterocycles. The van der Waals surface area contributed by atoms with E-state index in [-0.39, 0.29) is 18.3 Å². The molecule has 1 aliphatic heterocycles. The van der Waals surface area contributed by atoms with E-state index in [2.05, 4.69) is 21.8 Å². The second-order valence-corrected chi connectivity index (χ2v) is 5.95. The molecule has 2 N–H and O–H groups in total. The Morgan fingerprint density at radius 2 is 2.16 bits per heavy atom. The van der Waals surface area contributed by atoms with Gasteiger partial charge in [0.15, 0.2) is 0 Å². The van der Waals surface area contributed by atoms with Crippen molar-refractivity contribution in [3.05, 3.63) is 53.3 Å². The van der Waals surface area contributed by atoms with Gasteiger partial charge < -0.3 is 15.4 Å². The molecule has 0 bridgehead atoms. The summed E-state index contributed by atoms with van der Waals surface area (Å²) in [4.78, 5) is 11.9. The highest BCUT2D eigenvalue weighted by Crippen LogP contribution is 2.07. The summed E-state index contributed by atoms with van der Waals surface area (Å²) >= 11 is 0. The summed E-state index contributed by atoms with van der Waals surface area (Å²) in [6.45, 7) is 4.36. The summed E-state index contributed by atoms with van der Waals surface area (Å²) < 4.78 is 7.59. The number of carbonyl (C=O) groups excluding carboxylic acids is 1. The number of hydrogen-bond donors (Lipinski definition) is 2. The Kier molecular flexibility index (Phi) is 7.91. The Balaban J connectivity index is 0.00000225. The Hall–Kier alpha value is -1.89. The molecule has 0 spiro atoms. The molecule has 1 aromatic heterocycles. The normalized spacial score (nSPS) is 13.0. The predicted octanol–water partition coefficient (Wildman–Crippen LogP) is 2.02. The second-order valence-electron chi connectivity index (χ2n) is 5.95. The molecule has 2 aromatic rings. The van der Waals surface area contributed by atoms with Crippen LogP contribution in [0.15, 0.2) is 36.4 Å². The smallest absolute Gasteiger partial charge is 0.220 e. The molecule has 25 heavy (non-hydrogen) atoms. The lowest BCUT2D eigenvalue weighted by atomic mass is 10.2. The number of fused-ring (bicyclic) bond motifs is 1. The SMILES string of the molecule is Cl.O=C(CCCOCc1ccccc1)NCc1cc2n(n1)CCNC2. The molecule has 1 amide bonds. The van der Waals surface area contributed by atoms with Crippen molar-refractivity contribution in [2.24, 2.45) is 0 Å². The molecule has 1 aliphatic rings. The van der Waals surface area contributed by atoms with Crippen molar-refractivity contribution >= 4 is 18.3 Å². The van der Waals surface area contributed by atoms with Crippen LogP contribution in [0.1, 0.15) is 29.8 Å². The molecular weight excluding hydrogens is 340 g/mol. The molecule has 0 unspecified atom stereocenters. The van der Waals surface area contributed by atoms with Gasteiger partial charge >= 0.3 is 0 Å². The number of halogens is 1. The predicted molar refractivity (Wildman–Crippen MR) is 98.4 cm³/mol. The fourth-order valence-electron chi connectivity index (χ4n) is 2.72. The largest absolute Gasteiger partial charge is 0.377 e. The third-order valence-corrected chi connectivity index (χ3v) is 3.99. The molecule has 7 heteroatoms. The standard InChI is InChI=1S/C18H24N4O2.ClH/c23-18(7-4-10-24-14-15-5-2-1-3-6-15)20-12-16-11-17-13-19-8-9-22(17)21-16;/h1-3,5-6,11,19H,4,7-10,12-14H2,(H,20,23);1H. The average Bonchev–Trinajstić information content (AvgIpc) is 3.03. The van der Waals surface area contributed by atoms with Gasteiger partial charge in [0.1, 0.15) is 0 Å². The number of hydrogen-bond acceptors (Lipinski definition) is 4. The summed E-state index contributed by atoms with van der Waals surface area (Å²) in [7, 11) is 0. The fourth-order valence-corrected chi connectivity index (χ4v) is 2.72. The van der Waals surface area contributed by atoms with E-state index in [0.717, 1.165) is 37.3 Å². The summed E-state index contributed by atoms with van der Waals surface area (Å²) in [5.74, 6) is 0.0439. The maximum absolute atomic E-state index is 11.9. The molecule has 0 fully saturated rings. The van der Waals surface area contributed by atoms with Gasteiger partial charge in [-0.1, -0.05) is 30.3 Å². The zero-order chi connectivity index (χ0) is 16.6. The van der Waals surface area contributed by atoms with Crippen LogP contribution in [0.3, 0.4) is 0 Å². The number of rotatable bonds is 8. The average molecular weight is 365 g/mol. The van der Waals surface area contributed by atoms with Gasteiger partial charge in [0.2, 0.25) is 5.91 Å². The highest BCUT2D eigenvalue weighted by atomic mass is 35.5. The van der Waals surface area contributed by atoms with E-state index in [4.69, 9.17) is 4.74 Å². The zero-order valence-corrected chi connectivity index (χ0v) is 15.1. The Morgan fingerprint density at radius 3 is 2.96 bits per heavy atom. The van der Waals surface area contributed by atoms with Crippen LogP contribution in [0.5, 0.6) is 0 Å². The van der Waals surface area contributed by atoms with Crippen LogP contribution >= 0.6 is 12.4 Å². The zero-order valence-electron chi connectivity index (χ0n) is 14.2. The van der Waals surface area contributed by atoms with Crippen LogP contribution in [0.2, 0.25) is 0 Å². The highest BCUT2D eigenvalue weighted by molar-refractivity contribution is 5.85. The van der Waals surface area contributed by atoms with E-state index < -0.39 is 0 Å². The van der Waals surface area contributed by atoms with E-state index in [0.29, 0.717) is 26.2 Å². The van der Waals surface area contributed by atoms with Crippen molar-refractivity contribution in [1.29, 1.82) is 0 Å². The van der Waals surface area contributed by atoms with Crippen molar-refractivity contribution in [3.8, 4) is 0 Å². The van der Waals surface area contributed by atoms with E-state index in [9.17, 15) is 4.79 Å². The van der Waals surface area contributed by atoms with Crippen molar-refractivity contribution in [2.45, 2.75) is 39.1 Å². The number of carbonyl (C=O) groups is 1. The summed E-state index contributed by atoms with van der Waals surface area (Å²) in [5.41, 5.74) is 3.25. The molecule has 6 nitrogen and oxygen atoms in total. The first kappa shape index (κ1) is 19.4. The number of nitrogens with one attached hydrogen (secondary N) is 2. The van der Waals surface area contributed by atoms with Crippen LogP contribution in [0.4, 0.5) is 0 Å². The van der Waals surface area contributed by atoms with Crippen molar-refractivity contribution < 1.29 is 9.53 Å². The van der Waals surface area contributed by atoms with Gasteiger partial charge in [0, 0.05) is 26.1 Å². The number of aromatic nitrogens is 2. The second kappa shape index (κ2) is 10.2.